The van der Waals surface area contributed by atoms with Crippen LogP contribution < -0.4 is 5.32 Å². The molecule has 2 aliphatic carbocycles. The molecule has 1 heterocycles. The van der Waals surface area contributed by atoms with Crippen molar-refractivity contribution in [3.63, 3.8) is 0 Å². The summed E-state index contributed by atoms with van der Waals surface area (Å²) in [6.07, 6.45) is 9.86. The van der Waals surface area contributed by atoms with Gasteiger partial charge in [0.1, 0.15) is 6.61 Å². The van der Waals surface area contributed by atoms with E-state index in [0.29, 0.717) is 31.0 Å². The summed E-state index contributed by atoms with van der Waals surface area (Å²) in [5, 5.41) is 3.05. The van der Waals surface area contributed by atoms with Crippen LogP contribution in [0.4, 0.5) is 4.79 Å². The predicted molar refractivity (Wildman–Crippen MR) is 99.3 cm³/mol. The third-order valence-corrected chi connectivity index (χ3v) is 6.92. The zero-order chi connectivity index (χ0) is 18.0. The molecule has 1 N–H and O–H groups in total. The monoisotopic (exact) mass is 347 g/mol. The normalized spacial score (nSPS) is 38.6. The van der Waals surface area contributed by atoms with Crippen LogP contribution in [0, 0.1) is 23.2 Å². The van der Waals surface area contributed by atoms with Crippen molar-refractivity contribution in [2.24, 2.45) is 23.2 Å². The molecule has 2 bridgehead atoms. The first kappa shape index (κ1) is 18.5. The highest BCUT2D eigenvalue weighted by atomic mass is 16.6. The Hall–Kier alpha value is -1.29. The molecule has 3 aliphatic rings. The maximum absolute atomic E-state index is 12.3. The molecule has 1 saturated carbocycles. The largest absolute Gasteiger partial charge is 0.449 e. The fourth-order valence-corrected chi connectivity index (χ4v) is 5.17. The van der Waals surface area contributed by atoms with Crippen LogP contribution in [-0.2, 0) is 9.47 Å². The lowest BCUT2D eigenvalue weighted by atomic mass is 9.56. The van der Waals surface area contributed by atoms with Gasteiger partial charge in [-0.05, 0) is 31.6 Å². The Morgan fingerprint density at radius 1 is 1.40 bits per heavy atom. The van der Waals surface area contributed by atoms with Crippen LogP contribution in [0.25, 0.3) is 0 Å². The summed E-state index contributed by atoms with van der Waals surface area (Å²) in [5.74, 6) is 1.05. The van der Waals surface area contributed by atoms with Crippen LogP contribution in [0.2, 0.25) is 0 Å². The van der Waals surface area contributed by atoms with E-state index in [4.69, 9.17) is 9.47 Å². The Balaban J connectivity index is 1.66. The number of carbonyl (C=O) groups is 1. The van der Waals surface area contributed by atoms with Crippen LogP contribution in [0.3, 0.4) is 0 Å². The molecule has 0 spiro atoms. The number of carbonyl (C=O) groups excluding carboxylic acids is 1. The van der Waals surface area contributed by atoms with Gasteiger partial charge in [0.05, 0.1) is 12.7 Å². The highest BCUT2D eigenvalue weighted by Gasteiger charge is 2.53. The summed E-state index contributed by atoms with van der Waals surface area (Å²) >= 11 is 0. The Labute approximate surface area is 152 Å². The Bertz CT molecular complexity index is 537. The van der Waals surface area contributed by atoms with Crippen molar-refractivity contribution >= 4 is 6.09 Å². The lowest BCUT2D eigenvalue weighted by molar-refractivity contribution is -0.149. The van der Waals surface area contributed by atoms with Crippen LogP contribution in [0.1, 0.15) is 52.9 Å². The molecular weight excluding hydrogens is 314 g/mol. The van der Waals surface area contributed by atoms with Crippen molar-refractivity contribution in [2.45, 2.75) is 65.0 Å². The van der Waals surface area contributed by atoms with Gasteiger partial charge in [0.25, 0.3) is 0 Å². The minimum Gasteiger partial charge on any atom is -0.449 e. The molecule has 1 saturated heterocycles. The van der Waals surface area contributed by atoms with E-state index in [1.165, 1.54) is 24.8 Å². The molecule has 2 fully saturated rings. The van der Waals surface area contributed by atoms with Crippen LogP contribution in [0.15, 0.2) is 24.3 Å². The maximum atomic E-state index is 12.3. The van der Waals surface area contributed by atoms with E-state index in [1.807, 2.05) is 6.08 Å². The van der Waals surface area contributed by atoms with Crippen molar-refractivity contribution in [1.82, 2.24) is 5.32 Å². The van der Waals surface area contributed by atoms with Crippen LogP contribution in [0.5, 0.6) is 0 Å². The zero-order valence-corrected chi connectivity index (χ0v) is 15.9. The highest BCUT2D eigenvalue weighted by molar-refractivity contribution is 5.67. The van der Waals surface area contributed by atoms with Gasteiger partial charge in [0, 0.05) is 17.4 Å². The number of amides is 1. The van der Waals surface area contributed by atoms with E-state index in [-0.39, 0.29) is 23.7 Å². The first-order valence-electron chi connectivity index (χ1n) is 9.83. The van der Waals surface area contributed by atoms with Gasteiger partial charge in [0.15, 0.2) is 0 Å². The minimum absolute atomic E-state index is 0.0583. The number of alkyl carbamates (subject to hydrolysis) is 1. The second-order valence-electron chi connectivity index (χ2n) is 8.31. The maximum Gasteiger partial charge on any atom is 0.407 e. The number of fused-ring (bicyclic) bond motifs is 2. The first-order valence-corrected chi connectivity index (χ1v) is 9.83. The molecule has 0 radical (unpaired) electrons. The molecule has 5 atom stereocenters. The molecule has 0 aromatic heterocycles. The van der Waals surface area contributed by atoms with Gasteiger partial charge < -0.3 is 14.8 Å². The number of ether oxygens (including phenoxy) is 2. The number of hydrogen-bond acceptors (Lipinski definition) is 3. The third kappa shape index (κ3) is 3.51. The summed E-state index contributed by atoms with van der Waals surface area (Å²) in [6, 6.07) is 0.280. The third-order valence-electron chi connectivity index (χ3n) is 6.92. The zero-order valence-electron chi connectivity index (χ0n) is 15.9. The fourth-order valence-electron chi connectivity index (χ4n) is 5.17. The van der Waals surface area contributed by atoms with E-state index >= 15 is 0 Å². The number of allylic oxidation sites excluding steroid dienone is 1. The van der Waals surface area contributed by atoms with Gasteiger partial charge in [-0.25, -0.2) is 4.79 Å². The summed E-state index contributed by atoms with van der Waals surface area (Å²) in [5.41, 5.74) is 1.22. The molecule has 4 heteroatoms. The molecule has 0 aromatic carbocycles. The number of rotatable bonds is 4. The first-order chi connectivity index (χ1) is 12.0. The smallest absolute Gasteiger partial charge is 0.407 e. The van der Waals surface area contributed by atoms with E-state index in [2.05, 4.69) is 38.7 Å². The quantitative estimate of drug-likeness (QED) is 0.764. The molecule has 4 nitrogen and oxygen atoms in total. The second-order valence-corrected chi connectivity index (χ2v) is 8.31. The fraction of sp³-hybridized carbons (Fsp3) is 0.762. The van der Waals surface area contributed by atoms with Gasteiger partial charge in [-0.3, -0.25) is 0 Å². The molecular formula is C21H33NO3. The number of nitrogens with one attached hydrogen (secondary N) is 1. The Morgan fingerprint density at radius 3 is 2.80 bits per heavy atom. The second kappa shape index (κ2) is 7.53. The summed E-state index contributed by atoms with van der Waals surface area (Å²) < 4.78 is 11.8. The Kier molecular flexibility index (Phi) is 5.57. The summed E-state index contributed by atoms with van der Waals surface area (Å²) in [4.78, 5) is 12.3. The van der Waals surface area contributed by atoms with Gasteiger partial charge in [0.2, 0.25) is 0 Å². The Morgan fingerprint density at radius 2 is 2.12 bits per heavy atom. The van der Waals surface area contributed by atoms with Crippen LogP contribution in [-0.4, -0.2) is 31.5 Å². The van der Waals surface area contributed by atoms with Gasteiger partial charge in [-0.15, -0.1) is 6.58 Å². The van der Waals surface area contributed by atoms with Gasteiger partial charge >= 0.3 is 6.09 Å². The topological polar surface area (TPSA) is 47.6 Å². The van der Waals surface area contributed by atoms with Crippen molar-refractivity contribution in [3.8, 4) is 0 Å². The van der Waals surface area contributed by atoms with Crippen molar-refractivity contribution in [3.05, 3.63) is 24.3 Å². The lowest BCUT2D eigenvalue weighted by Gasteiger charge is -2.54. The molecule has 1 amide bonds. The average molecular weight is 347 g/mol. The van der Waals surface area contributed by atoms with Crippen molar-refractivity contribution in [2.75, 3.05) is 13.2 Å². The van der Waals surface area contributed by atoms with Crippen molar-refractivity contribution in [1.29, 1.82) is 0 Å². The van der Waals surface area contributed by atoms with Crippen molar-refractivity contribution < 1.29 is 14.3 Å². The predicted octanol–water partition coefficient (Wildman–Crippen LogP) is 4.46. The summed E-state index contributed by atoms with van der Waals surface area (Å²) in [7, 11) is 0. The van der Waals surface area contributed by atoms with E-state index in [0.717, 1.165) is 12.8 Å². The molecule has 1 aliphatic heterocycles. The molecule has 3 rings (SSSR count). The van der Waals surface area contributed by atoms with E-state index < -0.39 is 0 Å². The lowest BCUT2D eigenvalue weighted by Crippen LogP contribution is -2.56. The SMILES string of the molecule is C=C[C@H]1OC[C@]2(COC(=O)NC3CCCCC3)[C@H](C)[C@@H]1C(C)=C[C@@H]2C. The van der Waals surface area contributed by atoms with E-state index in [9.17, 15) is 4.79 Å². The molecule has 0 unspecified atom stereocenters. The standard InChI is InChI=1S/C21H33NO3/c1-5-18-19-14(2)11-15(3)21(12-24-18,16(19)4)13-25-20(23)22-17-9-7-6-8-10-17/h5,11,15-19H,1,6-10,12-13H2,2-4H3,(H,22,23)/t15-,16+,18+,19-,21+/m0/s1. The molecule has 0 aromatic rings. The molecule has 25 heavy (non-hydrogen) atoms. The van der Waals surface area contributed by atoms with E-state index in [1.54, 1.807) is 0 Å². The highest BCUT2D eigenvalue weighted by Crippen LogP contribution is 2.52. The number of hydrogen-bond donors (Lipinski definition) is 1. The van der Waals surface area contributed by atoms with Gasteiger partial charge in [-0.2, -0.15) is 0 Å². The van der Waals surface area contributed by atoms with Gasteiger partial charge in [-0.1, -0.05) is 50.8 Å². The summed E-state index contributed by atoms with van der Waals surface area (Å²) in [6.45, 7) is 11.6. The average Bonchev–Trinajstić information content (AvgIpc) is 2.59. The van der Waals surface area contributed by atoms with Crippen LogP contribution >= 0.6 is 0 Å². The minimum atomic E-state index is -0.269. The molecule has 140 valence electrons.